The minimum atomic E-state index is 0.708. The average Bonchev–Trinajstić information content (AvgIpc) is 2.95. The van der Waals surface area contributed by atoms with E-state index in [-0.39, 0.29) is 0 Å². The summed E-state index contributed by atoms with van der Waals surface area (Å²) >= 11 is 0. The lowest BCUT2D eigenvalue weighted by Gasteiger charge is -2.25. The van der Waals surface area contributed by atoms with Gasteiger partial charge in [-0.05, 0) is 49.9 Å². The third-order valence-corrected chi connectivity index (χ3v) is 4.56. The molecule has 3 nitrogen and oxygen atoms in total. The minimum absolute atomic E-state index is 0.708. The molecule has 3 heteroatoms. The molecule has 98 valence electrons. The normalized spacial score (nSPS) is 30.9. The van der Waals surface area contributed by atoms with Crippen molar-refractivity contribution in [2.24, 2.45) is 11.8 Å². The monoisotopic (exact) mass is 245 g/mol. The first-order valence-corrected chi connectivity index (χ1v) is 7.14. The fourth-order valence-electron chi connectivity index (χ4n) is 3.71. The molecule has 2 fully saturated rings. The Morgan fingerprint density at radius 2 is 2.39 bits per heavy atom. The molecule has 1 N–H and O–H groups in total. The van der Waals surface area contributed by atoms with Crippen LogP contribution in [0.15, 0.2) is 24.5 Å². The molecule has 0 aromatic carbocycles. The van der Waals surface area contributed by atoms with Crippen LogP contribution in [-0.4, -0.2) is 36.1 Å². The van der Waals surface area contributed by atoms with Crippen LogP contribution >= 0.6 is 0 Å². The predicted molar refractivity (Wildman–Crippen MR) is 73.2 cm³/mol. The fraction of sp³-hybridized carbons (Fsp3) is 0.667. The van der Waals surface area contributed by atoms with Crippen molar-refractivity contribution < 1.29 is 0 Å². The average molecular weight is 245 g/mol. The summed E-state index contributed by atoms with van der Waals surface area (Å²) in [6, 6.07) is 4.88. The zero-order valence-electron chi connectivity index (χ0n) is 11.2. The summed E-state index contributed by atoms with van der Waals surface area (Å²) in [7, 11) is 2.22. The summed E-state index contributed by atoms with van der Waals surface area (Å²) in [5.41, 5.74) is 1.31. The standard InChI is InChI=1S/C15H23N3/c1-18(10-12-4-3-7-16-8-12)11-15-14-6-2-5-13(14)9-17-15/h3-4,7-8,13-15,17H,2,5-6,9-11H2,1H3. The van der Waals surface area contributed by atoms with Crippen molar-refractivity contribution in [3.8, 4) is 0 Å². The molecule has 0 bridgehead atoms. The van der Waals surface area contributed by atoms with Gasteiger partial charge < -0.3 is 10.2 Å². The van der Waals surface area contributed by atoms with Crippen LogP contribution in [0.2, 0.25) is 0 Å². The van der Waals surface area contributed by atoms with Crippen LogP contribution in [0.25, 0.3) is 0 Å². The second-order valence-corrected chi connectivity index (χ2v) is 5.93. The number of hydrogen-bond donors (Lipinski definition) is 1. The third-order valence-electron chi connectivity index (χ3n) is 4.56. The lowest BCUT2D eigenvalue weighted by molar-refractivity contribution is 0.259. The van der Waals surface area contributed by atoms with Crippen molar-refractivity contribution in [2.75, 3.05) is 20.1 Å². The summed E-state index contributed by atoms with van der Waals surface area (Å²) in [5, 5.41) is 3.72. The fourth-order valence-corrected chi connectivity index (χ4v) is 3.71. The van der Waals surface area contributed by atoms with Crippen LogP contribution in [0.4, 0.5) is 0 Å². The molecular formula is C15H23N3. The van der Waals surface area contributed by atoms with Gasteiger partial charge in [0.05, 0.1) is 0 Å². The summed E-state index contributed by atoms with van der Waals surface area (Å²) in [6.45, 7) is 3.41. The first-order valence-electron chi connectivity index (χ1n) is 7.14. The number of hydrogen-bond acceptors (Lipinski definition) is 3. The predicted octanol–water partition coefficient (Wildman–Crippen LogP) is 1.90. The van der Waals surface area contributed by atoms with Gasteiger partial charge in [-0.1, -0.05) is 12.5 Å². The van der Waals surface area contributed by atoms with E-state index in [9.17, 15) is 0 Å². The maximum Gasteiger partial charge on any atom is 0.0312 e. The Labute approximate surface area is 110 Å². The third kappa shape index (κ3) is 2.57. The summed E-state index contributed by atoms with van der Waals surface area (Å²) in [5.74, 6) is 1.89. The Balaban J connectivity index is 1.53. The number of nitrogens with one attached hydrogen (secondary N) is 1. The maximum atomic E-state index is 4.18. The van der Waals surface area contributed by atoms with E-state index in [4.69, 9.17) is 0 Å². The summed E-state index contributed by atoms with van der Waals surface area (Å²) in [6.07, 6.45) is 8.13. The van der Waals surface area contributed by atoms with E-state index in [2.05, 4.69) is 28.3 Å². The van der Waals surface area contributed by atoms with E-state index in [1.807, 2.05) is 18.5 Å². The molecule has 0 spiro atoms. The molecule has 3 unspecified atom stereocenters. The highest BCUT2D eigenvalue weighted by Gasteiger charge is 2.38. The Kier molecular flexibility index (Phi) is 3.62. The molecule has 0 radical (unpaired) electrons. The molecule has 2 aliphatic rings. The van der Waals surface area contributed by atoms with Gasteiger partial charge in [-0.25, -0.2) is 0 Å². The number of pyridine rings is 1. The van der Waals surface area contributed by atoms with Gasteiger partial charge in [-0.15, -0.1) is 0 Å². The second-order valence-electron chi connectivity index (χ2n) is 5.93. The van der Waals surface area contributed by atoms with Crippen LogP contribution in [0, 0.1) is 11.8 Å². The lowest BCUT2D eigenvalue weighted by atomic mass is 9.94. The van der Waals surface area contributed by atoms with E-state index in [1.54, 1.807) is 0 Å². The van der Waals surface area contributed by atoms with E-state index < -0.39 is 0 Å². The smallest absolute Gasteiger partial charge is 0.0312 e. The minimum Gasteiger partial charge on any atom is -0.312 e. The van der Waals surface area contributed by atoms with Gasteiger partial charge in [0.25, 0.3) is 0 Å². The van der Waals surface area contributed by atoms with Crippen molar-refractivity contribution in [3.05, 3.63) is 30.1 Å². The number of nitrogens with zero attached hydrogens (tertiary/aromatic N) is 2. The second kappa shape index (κ2) is 5.37. The van der Waals surface area contributed by atoms with Crippen LogP contribution in [-0.2, 0) is 6.54 Å². The van der Waals surface area contributed by atoms with Gasteiger partial charge in [0.2, 0.25) is 0 Å². The van der Waals surface area contributed by atoms with E-state index >= 15 is 0 Å². The van der Waals surface area contributed by atoms with Gasteiger partial charge in [-0.3, -0.25) is 4.98 Å². The molecule has 1 aromatic rings. The molecule has 1 aliphatic carbocycles. The van der Waals surface area contributed by atoms with Crippen molar-refractivity contribution >= 4 is 0 Å². The largest absolute Gasteiger partial charge is 0.312 e. The molecular weight excluding hydrogens is 222 g/mol. The Morgan fingerprint density at radius 3 is 3.22 bits per heavy atom. The quantitative estimate of drug-likeness (QED) is 0.878. The topological polar surface area (TPSA) is 28.2 Å². The molecule has 1 saturated carbocycles. The van der Waals surface area contributed by atoms with E-state index in [1.165, 1.54) is 31.4 Å². The zero-order valence-corrected chi connectivity index (χ0v) is 11.2. The van der Waals surface area contributed by atoms with Gasteiger partial charge in [0.15, 0.2) is 0 Å². The first kappa shape index (κ1) is 12.1. The maximum absolute atomic E-state index is 4.18. The Bertz CT molecular complexity index is 379. The number of fused-ring (bicyclic) bond motifs is 1. The highest BCUT2D eigenvalue weighted by Crippen LogP contribution is 2.37. The van der Waals surface area contributed by atoms with Gasteiger partial charge in [-0.2, -0.15) is 0 Å². The molecule has 1 aromatic heterocycles. The van der Waals surface area contributed by atoms with Gasteiger partial charge >= 0.3 is 0 Å². The Hall–Kier alpha value is -0.930. The first-order chi connectivity index (χ1) is 8.83. The lowest BCUT2D eigenvalue weighted by Crippen LogP contribution is -2.38. The molecule has 0 amide bonds. The molecule has 1 saturated heterocycles. The summed E-state index contributed by atoms with van der Waals surface area (Å²) < 4.78 is 0. The number of aromatic nitrogens is 1. The number of rotatable bonds is 4. The molecule has 1 aliphatic heterocycles. The van der Waals surface area contributed by atoms with Crippen LogP contribution in [0.1, 0.15) is 24.8 Å². The van der Waals surface area contributed by atoms with Crippen LogP contribution in [0.3, 0.4) is 0 Å². The van der Waals surface area contributed by atoms with E-state index in [0.29, 0.717) is 6.04 Å². The molecule has 2 heterocycles. The summed E-state index contributed by atoms with van der Waals surface area (Å²) in [4.78, 5) is 6.61. The highest BCUT2D eigenvalue weighted by molar-refractivity contribution is 5.08. The van der Waals surface area contributed by atoms with Crippen molar-refractivity contribution in [1.82, 2.24) is 15.2 Å². The Morgan fingerprint density at radius 1 is 1.44 bits per heavy atom. The van der Waals surface area contributed by atoms with Crippen molar-refractivity contribution in [1.29, 1.82) is 0 Å². The molecule has 18 heavy (non-hydrogen) atoms. The van der Waals surface area contributed by atoms with Crippen LogP contribution in [0.5, 0.6) is 0 Å². The SMILES string of the molecule is CN(Cc1cccnc1)CC1NCC2CCCC21. The van der Waals surface area contributed by atoms with Crippen molar-refractivity contribution in [3.63, 3.8) is 0 Å². The van der Waals surface area contributed by atoms with Gasteiger partial charge in [0, 0.05) is 31.5 Å². The molecule has 3 atom stereocenters. The number of likely N-dealkylation sites (N-methyl/N-ethyl adjacent to an activating group) is 1. The van der Waals surface area contributed by atoms with E-state index in [0.717, 1.165) is 24.9 Å². The molecule has 3 rings (SSSR count). The zero-order chi connectivity index (χ0) is 12.4. The highest BCUT2D eigenvalue weighted by atomic mass is 15.1. The van der Waals surface area contributed by atoms with Crippen molar-refractivity contribution in [2.45, 2.75) is 31.8 Å². The van der Waals surface area contributed by atoms with Gasteiger partial charge in [0.1, 0.15) is 0 Å². The van der Waals surface area contributed by atoms with Crippen LogP contribution < -0.4 is 5.32 Å².